The van der Waals surface area contributed by atoms with Gasteiger partial charge in [0.05, 0.1) is 0 Å². The molecule has 0 unspecified atom stereocenters. The van der Waals surface area contributed by atoms with Gasteiger partial charge in [0.1, 0.15) is 0 Å². The van der Waals surface area contributed by atoms with E-state index in [1.807, 2.05) is 32.0 Å². The van der Waals surface area contributed by atoms with E-state index in [2.05, 4.69) is 13.2 Å². The van der Waals surface area contributed by atoms with E-state index in [4.69, 9.17) is 5.73 Å². The maximum atomic E-state index is 11.9. The molecule has 1 aliphatic heterocycles. The number of hydrogen-bond donors (Lipinski definition) is 2. The molecule has 3 N–H and O–H groups in total. The van der Waals surface area contributed by atoms with Gasteiger partial charge in [-0.3, -0.25) is 0 Å². The van der Waals surface area contributed by atoms with E-state index in [0.29, 0.717) is 18.0 Å². The first kappa shape index (κ1) is 13.2. The van der Waals surface area contributed by atoms with Crippen molar-refractivity contribution in [1.82, 2.24) is 0 Å². The van der Waals surface area contributed by atoms with Crippen LogP contribution in [0.15, 0.2) is 26.1 Å². The van der Waals surface area contributed by atoms with Crippen LogP contribution in [0.5, 0.6) is 0 Å². The third-order valence-electron chi connectivity index (χ3n) is 2.61. The molecule has 5 nitrogen and oxygen atoms in total. The molecule has 1 heterocycles. The Labute approximate surface area is 112 Å². The molecule has 0 radical (unpaired) electrons. The number of fused-ring (bicyclic) bond motifs is 1. The Kier molecular flexibility index (Phi) is 4.11. The van der Waals surface area contributed by atoms with E-state index in [1.54, 1.807) is 0 Å². The van der Waals surface area contributed by atoms with Gasteiger partial charge in [-0.2, -0.15) is 0 Å². The number of nitrogens with two attached hydrogens (primary N) is 1. The minimum absolute atomic E-state index is 0.0940. The zero-order valence-corrected chi connectivity index (χ0v) is 12.1. The number of rotatable bonds is 4. The molecule has 0 saturated carbocycles. The number of amides is 1. The predicted molar refractivity (Wildman–Crippen MR) is 72.4 cm³/mol. The second-order valence-electron chi connectivity index (χ2n) is 4.66. The normalized spacial score (nSPS) is 14.2. The summed E-state index contributed by atoms with van der Waals surface area (Å²) in [6.07, 6.45) is 0.673. The topological polar surface area (TPSA) is 79.8 Å². The second kappa shape index (κ2) is 5.61. The van der Waals surface area contributed by atoms with Crippen molar-refractivity contribution in [1.29, 1.82) is 0 Å². The van der Waals surface area contributed by atoms with Crippen LogP contribution in [-0.4, -0.2) is 26.5 Å². The monoisotopic (exact) mass is 312 g/mol. The molecule has 1 aliphatic rings. The summed E-state index contributed by atoms with van der Waals surface area (Å²) in [7, 11) is 0. The van der Waals surface area contributed by atoms with Crippen molar-refractivity contribution in [2.24, 2.45) is 19.6 Å². The Morgan fingerprint density at radius 2 is 2.22 bits per heavy atom. The number of hydrogen-bond acceptors (Lipinski definition) is 4. The van der Waals surface area contributed by atoms with E-state index in [1.165, 1.54) is 0 Å². The molecule has 1 aromatic carbocycles. The molecule has 1 aromatic rings. The number of nitrogens with zero attached hydrogens (tertiary/aromatic N) is 2. The van der Waals surface area contributed by atoms with E-state index in [0.717, 1.165) is 11.4 Å². The fourth-order valence-electron chi connectivity index (χ4n) is 1.75. The molecular weight excluding hydrogens is 295 g/mol. The van der Waals surface area contributed by atoms with Crippen LogP contribution >= 0.6 is 0 Å². The Morgan fingerprint density at radius 1 is 1.44 bits per heavy atom. The van der Waals surface area contributed by atoms with Crippen LogP contribution in [0.25, 0.3) is 0 Å². The quantitative estimate of drug-likeness (QED) is 0.850. The van der Waals surface area contributed by atoms with Gasteiger partial charge in [0.2, 0.25) is 0 Å². The molecule has 6 heteroatoms. The summed E-state index contributed by atoms with van der Waals surface area (Å²) in [6, 6.07) is 5.11. The summed E-state index contributed by atoms with van der Waals surface area (Å²) in [4.78, 5) is 11.9. The molecule has 0 saturated heterocycles. The summed E-state index contributed by atoms with van der Waals surface area (Å²) in [6.45, 7) is 4.09. The summed E-state index contributed by atoms with van der Waals surface area (Å²) in [5, 5.41) is 2.84. The predicted octanol–water partition coefficient (Wildman–Crippen LogP) is 2.35. The van der Waals surface area contributed by atoms with Crippen molar-refractivity contribution in [3.8, 4) is 0 Å². The van der Waals surface area contributed by atoms with Crippen molar-refractivity contribution in [2.75, 3.05) is 5.32 Å². The van der Waals surface area contributed by atoms with Crippen molar-refractivity contribution >= 4 is 37.5 Å². The van der Waals surface area contributed by atoms with Gasteiger partial charge in [-0.1, -0.05) is 0 Å². The molecule has 0 aliphatic carbocycles. The maximum absolute atomic E-state index is 11.9. The first-order chi connectivity index (χ1) is 8.58. The van der Waals surface area contributed by atoms with E-state index >= 15 is 0 Å². The third-order valence-corrected chi connectivity index (χ3v) is 3.74. The van der Waals surface area contributed by atoms with E-state index in [9.17, 15) is 4.79 Å². The van der Waals surface area contributed by atoms with Gasteiger partial charge in [0, 0.05) is 0 Å². The Balaban J connectivity index is 2.09. The molecule has 0 fully saturated rings. The van der Waals surface area contributed by atoms with Gasteiger partial charge in [-0.05, 0) is 0 Å². The zero-order valence-electron chi connectivity index (χ0n) is 10.4. The summed E-state index contributed by atoms with van der Waals surface area (Å²) in [5.74, 6) is 0.238. The molecule has 18 heavy (non-hydrogen) atoms. The molecule has 1 atom stereocenters. The van der Waals surface area contributed by atoms with Crippen molar-refractivity contribution in [2.45, 2.75) is 26.3 Å². The minimum atomic E-state index is -0.482. The fourth-order valence-corrected chi connectivity index (χ4v) is 2.90. The van der Waals surface area contributed by atoms with Gasteiger partial charge in [-0.15, -0.1) is 0 Å². The van der Waals surface area contributed by atoms with Gasteiger partial charge in [0.25, 0.3) is 0 Å². The summed E-state index contributed by atoms with van der Waals surface area (Å²) in [5.41, 5.74) is 8.19. The first-order valence-electron chi connectivity index (χ1n) is 5.85. The van der Waals surface area contributed by atoms with Crippen LogP contribution < -0.4 is 11.1 Å². The van der Waals surface area contributed by atoms with Crippen LogP contribution in [0.1, 0.15) is 20.3 Å². The molecule has 2 rings (SSSR count). The first-order valence-corrected chi connectivity index (χ1v) is 7.39. The average molecular weight is 311 g/mol. The van der Waals surface area contributed by atoms with E-state index in [-0.39, 0.29) is 20.5 Å². The summed E-state index contributed by atoms with van der Waals surface area (Å²) >= 11 is -0.0940. The van der Waals surface area contributed by atoms with Gasteiger partial charge < -0.3 is 0 Å². The van der Waals surface area contributed by atoms with Crippen molar-refractivity contribution in [3.05, 3.63) is 18.2 Å². The molecule has 1 amide bonds. The van der Waals surface area contributed by atoms with Crippen LogP contribution in [0.4, 0.5) is 17.1 Å². The SMILES string of the molecule is CC(C)C[C@H](N)C(=O)Nc1cccc2c1N=[Se]=N2. The van der Waals surface area contributed by atoms with E-state index < -0.39 is 6.04 Å². The molecule has 0 spiro atoms. The van der Waals surface area contributed by atoms with Crippen LogP contribution in [0.2, 0.25) is 0 Å². The molecule has 96 valence electrons. The van der Waals surface area contributed by atoms with Gasteiger partial charge >= 0.3 is 112 Å². The second-order valence-corrected chi connectivity index (χ2v) is 5.77. The average Bonchev–Trinajstić information content (AvgIpc) is 2.77. The fraction of sp³-hybridized carbons (Fsp3) is 0.417. The Morgan fingerprint density at radius 3 is 2.94 bits per heavy atom. The number of anilines is 1. The Hall–Kier alpha value is -1.23. The van der Waals surface area contributed by atoms with Crippen LogP contribution in [-0.2, 0) is 4.79 Å². The molecular formula is C12H16N4OSe. The number of carbonyl (C=O) groups excluding carboxylic acids is 1. The molecule has 0 aromatic heterocycles. The Bertz CT molecular complexity index is 535. The summed E-state index contributed by atoms with van der Waals surface area (Å²) < 4.78 is 8.59. The number of nitrogens with one attached hydrogen (secondary N) is 1. The van der Waals surface area contributed by atoms with Gasteiger partial charge in [-0.25, -0.2) is 0 Å². The standard InChI is InChI=1S/C12H16N4OSe/c1-7(2)6-8(13)12(17)14-9-4-3-5-10-11(9)16-18-15-10/h3-5,7-8H,6,13H2,1-2H3,(H,14,17)/t8-/m0/s1. The van der Waals surface area contributed by atoms with Crippen molar-refractivity contribution < 1.29 is 4.79 Å². The molecule has 0 bridgehead atoms. The van der Waals surface area contributed by atoms with Crippen LogP contribution in [0.3, 0.4) is 0 Å². The number of carbonyl (C=O) groups is 1. The number of benzene rings is 1. The zero-order chi connectivity index (χ0) is 13.1. The third kappa shape index (κ3) is 2.96. The van der Waals surface area contributed by atoms with Gasteiger partial charge in [0.15, 0.2) is 0 Å². The van der Waals surface area contributed by atoms with Crippen LogP contribution in [0, 0.1) is 5.92 Å². The van der Waals surface area contributed by atoms with Crippen molar-refractivity contribution in [3.63, 3.8) is 0 Å².